The van der Waals surface area contributed by atoms with Crippen molar-refractivity contribution in [3.8, 4) is 0 Å². The molecule has 0 aromatic heterocycles. The predicted octanol–water partition coefficient (Wildman–Crippen LogP) is 1.09. The second kappa shape index (κ2) is 7.72. The number of hydrogen-bond donors (Lipinski definition) is 3. The van der Waals surface area contributed by atoms with Gasteiger partial charge in [0.25, 0.3) is 0 Å². The second-order valence-corrected chi connectivity index (χ2v) is 6.46. The van der Waals surface area contributed by atoms with Crippen molar-refractivity contribution < 1.29 is 15.6 Å². The number of hydrogen-bond acceptors (Lipinski definition) is 3. The Kier molecular flexibility index (Phi) is 5.94. The number of quaternary nitrogens is 1. The van der Waals surface area contributed by atoms with Crippen LogP contribution < -0.4 is 11.1 Å². The lowest BCUT2D eigenvalue weighted by molar-refractivity contribution is -0.472. The molecule has 0 saturated carbocycles. The molecule has 1 heterocycles. The van der Waals surface area contributed by atoms with Gasteiger partial charge < -0.3 is 10.8 Å². The zero-order valence-electron chi connectivity index (χ0n) is 13.5. The number of nitrogens with one attached hydrogen (secondary N) is 1. The van der Waals surface area contributed by atoms with Crippen molar-refractivity contribution >= 4 is 5.97 Å². The molecular weight excluding hydrogens is 278 g/mol. The fourth-order valence-corrected chi connectivity index (χ4v) is 3.21. The van der Waals surface area contributed by atoms with Gasteiger partial charge in [-0.05, 0) is 17.9 Å². The highest BCUT2D eigenvalue weighted by Crippen LogP contribution is 2.24. The largest absolute Gasteiger partial charge is 0.481 e. The number of aliphatic carboxylic acids is 1. The molecule has 2 rings (SSSR count). The van der Waals surface area contributed by atoms with Crippen LogP contribution in [0.2, 0.25) is 0 Å². The highest BCUT2D eigenvalue weighted by atomic mass is 16.4. The molecule has 3 atom stereocenters. The minimum absolute atomic E-state index is 0.175. The van der Waals surface area contributed by atoms with Gasteiger partial charge in [0.2, 0.25) is 0 Å². The summed E-state index contributed by atoms with van der Waals surface area (Å²) in [6.07, 6.45) is 1.07. The molecule has 0 amide bonds. The summed E-state index contributed by atoms with van der Waals surface area (Å²) >= 11 is 0. The molecule has 22 heavy (non-hydrogen) atoms. The van der Waals surface area contributed by atoms with E-state index in [1.807, 2.05) is 6.07 Å². The smallest absolute Gasteiger partial charge is 0.303 e. The molecule has 1 aliphatic heterocycles. The second-order valence-electron chi connectivity index (χ2n) is 6.46. The van der Waals surface area contributed by atoms with Gasteiger partial charge in [0.15, 0.2) is 6.17 Å². The van der Waals surface area contributed by atoms with Crippen LogP contribution >= 0.6 is 0 Å². The first kappa shape index (κ1) is 16.9. The average molecular weight is 306 g/mol. The maximum absolute atomic E-state index is 10.7. The third kappa shape index (κ3) is 4.29. The zero-order valence-corrected chi connectivity index (χ0v) is 13.5. The summed E-state index contributed by atoms with van der Waals surface area (Å²) in [6.45, 7) is 6.08. The summed E-state index contributed by atoms with van der Waals surface area (Å²) < 4.78 is 0. The van der Waals surface area contributed by atoms with E-state index in [2.05, 4.69) is 54.1 Å². The monoisotopic (exact) mass is 306 g/mol. The number of carbonyl (C=O) groups is 1. The zero-order chi connectivity index (χ0) is 16.1. The Bertz CT molecular complexity index is 478. The number of carboxylic acids is 1. The van der Waals surface area contributed by atoms with Crippen molar-refractivity contribution in [3.05, 3.63) is 35.9 Å². The summed E-state index contributed by atoms with van der Waals surface area (Å²) in [5.74, 6) is -0.244. The molecule has 0 spiro atoms. The standard InChI is InChI=1S/C17H27N3O2/c1-12(2)16-17(18)20(10-6-9-15(21)22)11-14(19-16)13-7-4-3-5-8-13/h3-5,7-8,12,14,16-17,19H,6,9-11,18H2,1-2H3,(H,21,22)/p+1. The van der Waals surface area contributed by atoms with E-state index in [1.54, 1.807) is 0 Å². The SMILES string of the molecule is CC(C)C1NC(c2ccccc2)CN(CCCC(=O)O)C1[NH3+]. The van der Waals surface area contributed by atoms with Gasteiger partial charge in [-0.2, -0.15) is 0 Å². The normalized spacial score (nSPS) is 26.3. The molecule has 0 radical (unpaired) electrons. The Hall–Kier alpha value is -1.43. The van der Waals surface area contributed by atoms with Crippen molar-refractivity contribution in [2.45, 2.75) is 44.9 Å². The van der Waals surface area contributed by atoms with E-state index in [4.69, 9.17) is 5.11 Å². The molecule has 1 aliphatic rings. The first-order valence-corrected chi connectivity index (χ1v) is 8.09. The minimum Gasteiger partial charge on any atom is -0.481 e. The Morgan fingerprint density at radius 1 is 1.41 bits per heavy atom. The molecular formula is C17H28N3O2+. The molecule has 5 nitrogen and oxygen atoms in total. The van der Waals surface area contributed by atoms with Crippen LogP contribution in [0.5, 0.6) is 0 Å². The van der Waals surface area contributed by atoms with Crippen LogP contribution in [0, 0.1) is 5.92 Å². The lowest BCUT2D eigenvalue weighted by Crippen LogP contribution is -2.80. The number of carboxylic acid groups (broad SMARTS) is 1. The van der Waals surface area contributed by atoms with Gasteiger partial charge in [-0.15, -0.1) is 0 Å². The van der Waals surface area contributed by atoms with Crippen LogP contribution in [0.1, 0.15) is 38.3 Å². The Morgan fingerprint density at radius 2 is 2.09 bits per heavy atom. The minimum atomic E-state index is -0.726. The van der Waals surface area contributed by atoms with Crippen LogP contribution in [0.25, 0.3) is 0 Å². The third-order valence-electron chi connectivity index (χ3n) is 4.45. The van der Waals surface area contributed by atoms with Crippen molar-refractivity contribution in [1.29, 1.82) is 0 Å². The average Bonchev–Trinajstić information content (AvgIpc) is 2.49. The van der Waals surface area contributed by atoms with E-state index in [0.29, 0.717) is 18.4 Å². The van der Waals surface area contributed by atoms with E-state index >= 15 is 0 Å². The molecule has 1 aromatic carbocycles. The number of benzene rings is 1. The molecule has 5 heteroatoms. The highest BCUT2D eigenvalue weighted by Gasteiger charge is 2.37. The predicted molar refractivity (Wildman–Crippen MR) is 86.1 cm³/mol. The molecule has 5 N–H and O–H groups in total. The Labute approximate surface area is 132 Å². The summed E-state index contributed by atoms with van der Waals surface area (Å²) in [5.41, 5.74) is 5.60. The third-order valence-corrected chi connectivity index (χ3v) is 4.45. The van der Waals surface area contributed by atoms with E-state index in [0.717, 1.165) is 13.1 Å². The maximum Gasteiger partial charge on any atom is 0.303 e. The van der Waals surface area contributed by atoms with Crippen LogP contribution in [-0.4, -0.2) is 41.3 Å². The van der Waals surface area contributed by atoms with Gasteiger partial charge in [0, 0.05) is 25.6 Å². The first-order valence-electron chi connectivity index (χ1n) is 8.09. The van der Waals surface area contributed by atoms with Gasteiger partial charge in [0.05, 0.1) is 6.04 Å². The van der Waals surface area contributed by atoms with E-state index in [9.17, 15) is 4.79 Å². The van der Waals surface area contributed by atoms with Gasteiger partial charge in [0.1, 0.15) is 0 Å². The number of rotatable bonds is 6. The fraction of sp³-hybridized carbons (Fsp3) is 0.588. The highest BCUT2D eigenvalue weighted by molar-refractivity contribution is 5.66. The van der Waals surface area contributed by atoms with Crippen molar-refractivity contribution in [2.75, 3.05) is 13.1 Å². The molecule has 122 valence electrons. The quantitative estimate of drug-likeness (QED) is 0.735. The van der Waals surface area contributed by atoms with Crippen LogP contribution in [-0.2, 0) is 4.79 Å². The van der Waals surface area contributed by atoms with Crippen LogP contribution in [0.3, 0.4) is 0 Å². The molecule has 3 unspecified atom stereocenters. The molecule has 1 aromatic rings. The number of nitrogens with zero attached hydrogens (tertiary/aromatic N) is 1. The van der Waals surface area contributed by atoms with Gasteiger partial charge >= 0.3 is 5.97 Å². The van der Waals surface area contributed by atoms with E-state index in [1.165, 1.54) is 5.56 Å². The summed E-state index contributed by atoms with van der Waals surface area (Å²) in [4.78, 5) is 13.1. The lowest BCUT2D eigenvalue weighted by atomic mass is 9.93. The lowest BCUT2D eigenvalue weighted by Gasteiger charge is -2.43. The van der Waals surface area contributed by atoms with Gasteiger partial charge in [-0.1, -0.05) is 44.2 Å². The topological polar surface area (TPSA) is 80.2 Å². The van der Waals surface area contributed by atoms with E-state index in [-0.39, 0.29) is 18.6 Å². The van der Waals surface area contributed by atoms with Crippen LogP contribution in [0.4, 0.5) is 0 Å². The van der Waals surface area contributed by atoms with Crippen LogP contribution in [0.15, 0.2) is 30.3 Å². The van der Waals surface area contributed by atoms with Gasteiger partial charge in [-0.3, -0.25) is 15.0 Å². The maximum atomic E-state index is 10.7. The summed E-state index contributed by atoms with van der Waals surface area (Å²) in [5, 5.41) is 12.6. The molecule has 1 fully saturated rings. The molecule has 1 saturated heterocycles. The van der Waals surface area contributed by atoms with E-state index < -0.39 is 5.97 Å². The van der Waals surface area contributed by atoms with Crippen molar-refractivity contribution in [3.63, 3.8) is 0 Å². The first-order chi connectivity index (χ1) is 10.5. The Balaban J connectivity index is 2.08. The summed E-state index contributed by atoms with van der Waals surface area (Å²) in [6, 6.07) is 11.0. The fourth-order valence-electron chi connectivity index (χ4n) is 3.21. The summed E-state index contributed by atoms with van der Waals surface area (Å²) in [7, 11) is 0. The molecule has 0 bridgehead atoms. The molecule has 0 aliphatic carbocycles. The Morgan fingerprint density at radius 3 is 2.68 bits per heavy atom. The number of piperazine rings is 1. The van der Waals surface area contributed by atoms with Crippen molar-refractivity contribution in [2.24, 2.45) is 5.92 Å². The van der Waals surface area contributed by atoms with Crippen molar-refractivity contribution in [1.82, 2.24) is 10.2 Å². The van der Waals surface area contributed by atoms with Gasteiger partial charge in [-0.25, -0.2) is 0 Å².